The lowest BCUT2D eigenvalue weighted by molar-refractivity contribution is -0.140. The van der Waals surface area contributed by atoms with Crippen molar-refractivity contribution in [1.82, 2.24) is 0 Å². The zero-order chi connectivity index (χ0) is 14.5. The molecular formula is C17H26O3. The highest BCUT2D eigenvalue weighted by molar-refractivity contribution is 5.69. The third kappa shape index (κ3) is 3.51. The number of esters is 1. The number of methoxy groups -OCH3 is 1. The van der Waals surface area contributed by atoms with Crippen LogP contribution in [0.15, 0.2) is 23.8 Å². The highest BCUT2D eigenvalue weighted by Gasteiger charge is 2.43. The van der Waals surface area contributed by atoms with Crippen LogP contribution in [0.1, 0.15) is 45.4 Å². The maximum atomic E-state index is 11.2. The van der Waals surface area contributed by atoms with Crippen LogP contribution in [-0.2, 0) is 9.53 Å². The Bertz CT molecular complexity index is 397. The molecule has 0 heterocycles. The van der Waals surface area contributed by atoms with Gasteiger partial charge in [0.1, 0.15) is 0 Å². The molecular weight excluding hydrogens is 252 g/mol. The van der Waals surface area contributed by atoms with Crippen LogP contribution < -0.4 is 0 Å². The van der Waals surface area contributed by atoms with E-state index in [0.29, 0.717) is 24.2 Å². The molecule has 0 aromatic carbocycles. The number of aliphatic hydroxyl groups is 1. The summed E-state index contributed by atoms with van der Waals surface area (Å²) in [4.78, 5) is 11.2. The number of hydrogen-bond donors (Lipinski definition) is 1. The Balaban J connectivity index is 1.90. The Morgan fingerprint density at radius 2 is 2.35 bits per heavy atom. The molecule has 1 N–H and O–H groups in total. The molecule has 1 fully saturated rings. The third-order valence-electron chi connectivity index (χ3n) is 4.64. The Morgan fingerprint density at radius 3 is 3.05 bits per heavy atom. The highest BCUT2D eigenvalue weighted by atomic mass is 16.5. The van der Waals surface area contributed by atoms with Crippen LogP contribution in [-0.4, -0.2) is 24.3 Å². The molecule has 2 aliphatic rings. The molecule has 0 aromatic heterocycles. The monoisotopic (exact) mass is 278 g/mol. The fourth-order valence-corrected chi connectivity index (χ4v) is 3.58. The second-order valence-corrected chi connectivity index (χ2v) is 6.03. The third-order valence-corrected chi connectivity index (χ3v) is 4.64. The van der Waals surface area contributed by atoms with Crippen molar-refractivity contribution in [2.24, 2.45) is 17.8 Å². The van der Waals surface area contributed by atoms with Crippen molar-refractivity contribution < 1.29 is 14.6 Å². The molecule has 4 atom stereocenters. The van der Waals surface area contributed by atoms with Gasteiger partial charge in [0.05, 0.1) is 13.2 Å². The van der Waals surface area contributed by atoms with E-state index in [1.54, 1.807) is 0 Å². The molecule has 2 aliphatic carbocycles. The van der Waals surface area contributed by atoms with Crippen LogP contribution in [0.3, 0.4) is 0 Å². The molecule has 2 unspecified atom stereocenters. The lowest BCUT2D eigenvalue weighted by Crippen LogP contribution is -2.17. The van der Waals surface area contributed by atoms with E-state index >= 15 is 0 Å². The van der Waals surface area contributed by atoms with Crippen LogP contribution >= 0.6 is 0 Å². The van der Waals surface area contributed by atoms with Gasteiger partial charge in [0.15, 0.2) is 0 Å². The normalized spacial score (nSPS) is 32.5. The minimum absolute atomic E-state index is 0.137. The summed E-state index contributed by atoms with van der Waals surface area (Å²) in [7, 11) is 1.44. The van der Waals surface area contributed by atoms with Gasteiger partial charge in [-0.05, 0) is 37.5 Å². The van der Waals surface area contributed by atoms with E-state index in [1.807, 2.05) is 0 Å². The number of allylic oxidation sites excluding steroid dienone is 3. The summed E-state index contributed by atoms with van der Waals surface area (Å²) in [6.07, 6.45) is 11.9. The zero-order valence-electron chi connectivity index (χ0n) is 12.5. The van der Waals surface area contributed by atoms with Crippen molar-refractivity contribution in [2.75, 3.05) is 7.11 Å². The number of carbonyl (C=O) groups is 1. The van der Waals surface area contributed by atoms with Gasteiger partial charge in [-0.1, -0.05) is 37.1 Å². The fraction of sp³-hybridized carbons (Fsp3) is 0.706. The van der Waals surface area contributed by atoms with Crippen LogP contribution in [0.25, 0.3) is 0 Å². The average Bonchev–Trinajstić information content (AvgIpc) is 2.94. The van der Waals surface area contributed by atoms with Crippen LogP contribution in [0.2, 0.25) is 0 Å². The number of aliphatic hydroxyl groups excluding tert-OH is 1. The van der Waals surface area contributed by atoms with Gasteiger partial charge in [-0.2, -0.15) is 0 Å². The van der Waals surface area contributed by atoms with E-state index in [2.05, 4.69) is 25.2 Å². The van der Waals surface area contributed by atoms with Gasteiger partial charge in [0, 0.05) is 12.3 Å². The maximum Gasteiger partial charge on any atom is 0.305 e. The first-order valence-corrected chi connectivity index (χ1v) is 7.76. The van der Waals surface area contributed by atoms with Crippen molar-refractivity contribution >= 4 is 5.97 Å². The van der Waals surface area contributed by atoms with E-state index in [9.17, 15) is 9.90 Å². The van der Waals surface area contributed by atoms with E-state index in [1.165, 1.54) is 12.7 Å². The number of rotatable bonds is 6. The highest BCUT2D eigenvalue weighted by Crippen LogP contribution is 2.48. The topological polar surface area (TPSA) is 46.5 Å². The Labute approximate surface area is 121 Å². The average molecular weight is 278 g/mol. The molecule has 0 bridgehead atoms. The van der Waals surface area contributed by atoms with Gasteiger partial charge in [-0.25, -0.2) is 0 Å². The number of hydrogen-bond acceptors (Lipinski definition) is 3. The second kappa shape index (κ2) is 7.07. The predicted molar refractivity (Wildman–Crippen MR) is 79.1 cm³/mol. The Kier molecular flexibility index (Phi) is 5.41. The minimum Gasteiger partial charge on any atom is -0.469 e. The number of carbonyl (C=O) groups excluding carboxylic acids is 1. The predicted octanol–water partition coefficient (Wildman–Crippen LogP) is 3.24. The number of unbranched alkanes of at least 4 members (excludes halogenated alkanes) is 1. The second-order valence-electron chi connectivity index (χ2n) is 6.03. The first-order valence-electron chi connectivity index (χ1n) is 7.76. The molecule has 0 radical (unpaired) electrons. The number of ether oxygens (including phenoxy) is 1. The number of fused-ring (bicyclic) bond motifs is 1. The van der Waals surface area contributed by atoms with Crippen LogP contribution in [0, 0.1) is 17.8 Å². The molecule has 0 spiro atoms. The summed E-state index contributed by atoms with van der Waals surface area (Å²) in [5.74, 6) is 1.18. The molecule has 0 aliphatic heterocycles. The van der Waals surface area contributed by atoms with E-state index in [4.69, 9.17) is 4.74 Å². The lowest BCUT2D eigenvalue weighted by Gasteiger charge is -2.18. The molecule has 112 valence electrons. The smallest absolute Gasteiger partial charge is 0.305 e. The minimum atomic E-state index is -0.198. The summed E-state index contributed by atoms with van der Waals surface area (Å²) in [6.45, 7) is 2.17. The molecule has 0 saturated heterocycles. The van der Waals surface area contributed by atoms with Crippen molar-refractivity contribution in [1.29, 1.82) is 0 Å². The van der Waals surface area contributed by atoms with Gasteiger partial charge in [0.2, 0.25) is 0 Å². The molecule has 1 saturated carbocycles. The summed E-state index contributed by atoms with van der Waals surface area (Å²) >= 11 is 0. The molecule has 2 rings (SSSR count). The van der Waals surface area contributed by atoms with E-state index < -0.39 is 0 Å². The summed E-state index contributed by atoms with van der Waals surface area (Å²) in [6, 6.07) is 0. The molecule has 0 aromatic rings. The molecule has 3 heteroatoms. The zero-order valence-corrected chi connectivity index (χ0v) is 12.5. The van der Waals surface area contributed by atoms with Crippen molar-refractivity contribution in [2.45, 2.75) is 51.6 Å². The largest absolute Gasteiger partial charge is 0.469 e. The standard InChI is InChI=1S/C17H26O3/c1-3-4-5-6-14-15-10-12(7-8-17(19)20-2)9-13(15)11-16(14)18/h5-6,9,13-16,18H,3-4,7-8,10-11H2,1-2H3/b6-5+/t13?,14-,15?,16-/m1/s1. The summed E-state index contributed by atoms with van der Waals surface area (Å²) in [5.41, 5.74) is 1.37. The maximum absolute atomic E-state index is 11.2. The summed E-state index contributed by atoms with van der Waals surface area (Å²) < 4.78 is 4.69. The summed E-state index contributed by atoms with van der Waals surface area (Å²) in [5, 5.41) is 10.2. The van der Waals surface area contributed by atoms with Crippen molar-refractivity contribution in [3.8, 4) is 0 Å². The lowest BCUT2D eigenvalue weighted by atomic mass is 9.89. The van der Waals surface area contributed by atoms with E-state index in [0.717, 1.165) is 32.1 Å². The van der Waals surface area contributed by atoms with Gasteiger partial charge < -0.3 is 9.84 Å². The van der Waals surface area contributed by atoms with Crippen molar-refractivity contribution in [3.63, 3.8) is 0 Å². The first-order chi connectivity index (χ1) is 9.65. The first kappa shape index (κ1) is 15.3. The fourth-order valence-electron chi connectivity index (χ4n) is 3.58. The van der Waals surface area contributed by atoms with E-state index in [-0.39, 0.29) is 12.1 Å². The Hall–Kier alpha value is -1.09. The molecule has 3 nitrogen and oxygen atoms in total. The van der Waals surface area contributed by atoms with Gasteiger partial charge in [-0.3, -0.25) is 4.79 Å². The molecule has 20 heavy (non-hydrogen) atoms. The SMILES string of the molecule is CCC/C=C/[C@@H]1C2CC(CCC(=O)OC)=CC2C[C@H]1O. The van der Waals surface area contributed by atoms with Crippen molar-refractivity contribution in [3.05, 3.63) is 23.8 Å². The van der Waals surface area contributed by atoms with Gasteiger partial charge in [-0.15, -0.1) is 0 Å². The quantitative estimate of drug-likeness (QED) is 0.599. The van der Waals surface area contributed by atoms with Gasteiger partial charge >= 0.3 is 5.97 Å². The van der Waals surface area contributed by atoms with Gasteiger partial charge in [0.25, 0.3) is 0 Å². The Morgan fingerprint density at radius 1 is 1.55 bits per heavy atom. The molecule has 0 amide bonds. The van der Waals surface area contributed by atoms with Crippen LogP contribution in [0.5, 0.6) is 0 Å². The van der Waals surface area contributed by atoms with Crippen LogP contribution in [0.4, 0.5) is 0 Å².